The molecule has 124 valence electrons. The molecule has 0 unspecified atom stereocenters. The van der Waals surface area contributed by atoms with Crippen molar-refractivity contribution in [3.8, 4) is 5.75 Å². The van der Waals surface area contributed by atoms with Crippen LogP contribution in [0.25, 0.3) is 10.9 Å². The molecule has 0 spiro atoms. The Hall–Kier alpha value is -2.30. The van der Waals surface area contributed by atoms with Crippen molar-refractivity contribution >= 4 is 22.8 Å². The van der Waals surface area contributed by atoms with Gasteiger partial charge in [-0.25, -0.2) is 4.79 Å². The van der Waals surface area contributed by atoms with Gasteiger partial charge in [-0.2, -0.15) is 0 Å². The van der Waals surface area contributed by atoms with Crippen LogP contribution in [0.2, 0.25) is 0 Å². The Balaban J connectivity index is 2.61. The SMILES string of the molecule is CCCCn1c(C)c(C(=O)OCC)c2cc(OC(C)=O)ccc21. The van der Waals surface area contributed by atoms with Crippen LogP contribution < -0.4 is 4.74 Å². The van der Waals surface area contributed by atoms with Crippen LogP contribution in [0.1, 0.15) is 49.7 Å². The Morgan fingerprint density at radius 1 is 1.22 bits per heavy atom. The van der Waals surface area contributed by atoms with Gasteiger partial charge in [-0.15, -0.1) is 0 Å². The third kappa shape index (κ3) is 3.55. The zero-order valence-corrected chi connectivity index (χ0v) is 14.1. The Morgan fingerprint density at radius 3 is 2.57 bits per heavy atom. The van der Waals surface area contributed by atoms with Gasteiger partial charge in [-0.05, 0) is 38.5 Å². The largest absolute Gasteiger partial charge is 0.462 e. The van der Waals surface area contributed by atoms with Crippen molar-refractivity contribution in [2.75, 3.05) is 6.61 Å². The van der Waals surface area contributed by atoms with Crippen molar-refractivity contribution in [3.63, 3.8) is 0 Å². The molecule has 23 heavy (non-hydrogen) atoms. The number of hydrogen-bond donors (Lipinski definition) is 0. The van der Waals surface area contributed by atoms with Crippen LogP contribution in [0.5, 0.6) is 5.75 Å². The standard InChI is InChI=1S/C18H23NO4/c1-5-7-10-19-12(3)17(18(21)22-6-2)15-11-14(23-13(4)20)8-9-16(15)19/h8-9,11H,5-7,10H2,1-4H3. The third-order valence-corrected chi connectivity index (χ3v) is 3.77. The summed E-state index contributed by atoms with van der Waals surface area (Å²) in [7, 11) is 0. The number of benzene rings is 1. The summed E-state index contributed by atoms with van der Waals surface area (Å²) in [6.45, 7) is 8.36. The van der Waals surface area contributed by atoms with Crippen molar-refractivity contribution in [2.45, 2.75) is 47.1 Å². The second kappa shape index (κ2) is 7.31. The molecule has 0 aliphatic heterocycles. The quantitative estimate of drug-likeness (QED) is 0.600. The molecule has 1 aromatic carbocycles. The summed E-state index contributed by atoms with van der Waals surface area (Å²) < 4.78 is 12.5. The van der Waals surface area contributed by atoms with Gasteiger partial charge >= 0.3 is 11.9 Å². The van der Waals surface area contributed by atoms with Crippen molar-refractivity contribution in [2.24, 2.45) is 0 Å². The molecule has 5 nitrogen and oxygen atoms in total. The average molecular weight is 317 g/mol. The van der Waals surface area contributed by atoms with Gasteiger partial charge in [0.1, 0.15) is 5.75 Å². The number of rotatable bonds is 6. The molecule has 2 aromatic rings. The molecule has 1 aromatic heterocycles. The minimum atomic E-state index is -0.385. The molecule has 0 saturated heterocycles. The average Bonchev–Trinajstić information content (AvgIpc) is 2.76. The molecule has 0 N–H and O–H groups in total. The maximum atomic E-state index is 12.4. The number of carbonyl (C=O) groups excluding carboxylic acids is 2. The topological polar surface area (TPSA) is 57.5 Å². The molecule has 2 rings (SSSR count). The van der Waals surface area contributed by atoms with E-state index in [1.165, 1.54) is 6.92 Å². The molecule has 0 saturated carbocycles. The normalized spacial score (nSPS) is 10.8. The Labute approximate surface area is 136 Å². The minimum Gasteiger partial charge on any atom is -0.462 e. The number of hydrogen-bond acceptors (Lipinski definition) is 4. The third-order valence-electron chi connectivity index (χ3n) is 3.77. The second-order valence-electron chi connectivity index (χ2n) is 5.46. The van der Waals surface area contributed by atoms with E-state index in [1.54, 1.807) is 19.1 Å². The highest BCUT2D eigenvalue weighted by molar-refractivity contribution is 6.06. The fourth-order valence-electron chi connectivity index (χ4n) is 2.76. The van der Waals surface area contributed by atoms with Crippen LogP contribution in [0.15, 0.2) is 18.2 Å². The first-order valence-corrected chi connectivity index (χ1v) is 7.97. The second-order valence-corrected chi connectivity index (χ2v) is 5.46. The van der Waals surface area contributed by atoms with Gasteiger partial charge < -0.3 is 14.0 Å². The fourth-order valence-corrected chi connectivity index (χ4v) is 2.76. The number of aromatic nitrogens is 1. The monoisotopic (exact) mass is 317 g/mol. The summed E-state index contributed by atoms with van der Waals surface area (Å²) in [5.41, 5.74) is 2.38. The highest BCUT2D eigenvalue weighted by Gasteiger charge is 2.21. The maximum Gasteiger partial charge on any atom is 0.340 e. The molecule has 1 heterocycles. The van der Waals surface area contributed by atoms with Crippen LogP contribution in [0.4, 0.5) is 0 Å². The molecular weight excluding hydrogens is 294 g/mol. The molecule has 0 radical (unpaired) electrons. The number of unbranched alkanes of at least 4 members (excludes halogenated alkanes) is 1. The first kappa shape index (κ1) is 17.1. The van der Waals surface area contributed by atoms with E-state index < -0.39 is 0 Å². The lowest BCUT2D eigenvalue weighted by molar-refractivity contribution is -0.131. The van der Waals surface area contributed by atoms with E-state index in [-0.39, 0.29) is 11.9 Å². The number of ether oxygens (including phenoxy) is 2. The first-order valence-electron chi connectivity index (χ1n) is 7.97. The summed E-state index contributed by atoms with van der Waals surface area (Å²) >= 11 is 0. The molecule has 0 aliphatic carbocycles. The van der Waals surface area contributed by atoms with Crippen LogP contribution >= 0.6 is 0 Å². The summed E-state index contributed by atoms with van der Waals surface area (Å²) in [5.74, 6) is -0.294. The number of carbonyl (C=O) groups is 2. The predicted octanol–water partition coefficient (Wildman–Crippen LogP) is 3.85. The van der Waals surface area contributed by atoms with E-state index >= 15 is 0 Å². The van der Waals surface area contributed by atoms with Gasteiger partial charge in [-0.3, -0.25) is 4.79 Å². The Morgan fingerprint density at radius 2 is 1.96 bits per heavy atom. The Kier molecular flexibility index (Phi) is 5.42. The van der Waals surface area contributed by atoms with E-state index in [2.05, 4.69) is 11.5 Å². The van der Waals surface area contributed by atoms with E-state index in [9.17, 15) is 9.59 Å². The van der Waals surface area contributed by atoms with E-state index in [0.29, 0.717) is 17.9 Å². The van der Waals surface area contributed by atoms with Gasteiger partial charge in [0.2, 0.25) is 0 Å². The molecule has 0 fully saturated rings. The highest BCUT2D eigenvalue weighted by Crippen LogP contribution is 2.30. The molecule has 5 heteroatoms. The number of aryl methyl sites for hydroxylation is 1. The first-order chi connectivity index (χ1) is 11.0. The smallest absolute Gasteiger partial charge is 0.340 e. The lowest BCUT2D eigenvalue weighted by Gasteiger charge is -2.08. The van der Waals surface area contributed by atoms with Crippen molar-refractivity contribution in [1.29, 1.82) is 0 Å². The van der Waals surface area contributed by atoms with Crippen molar-refractivity contribution in [3.05, 3.63) is 29.5 Å². The predicted molar refractivity (Wildman–Crippen MR) is 88.8 cm³/mol. The van der Waals surface area contributed by atoms with Crippen LogP contribution in [-0.2, 0) is 16.1 Å². The van der Waals surface area contributed by atoms with Crippen molar-refractivity contribution < 1.29 is 19.1 Å². The number of esters is 2. The van der Waals surface area contributed by atoms with Crippen LogP contribution in [-0.4, -0.2) is 23.1 Å². The lowest BCUT2D eigenvalue weighted by atomic mass is 10.1. The van der Waals surface area contributed by atoms with Gasteiger partial charge in [0.05, 0.1) is 12.2 Å². The molecule has 0 bridgehead atoms. The fraction of sp³-hybridized carbons (Fsp3) is 0.444. The van der Waals surface area contributed by atoms with Gasteiger partial charge in [0.15, 0.2) is 0 Å². The lowest BCUT2D eigenvalue weighted by Crippen LogP contribution is -2.07. The van der Waals surface area contributed by atoms with E-state index in [1.807, 2.05) is 13.0 Å². The molecule has 0 aliphatic rings. The number of nitrogens with zero attached hydrogens (tertiary/aromatic N) is 1. The zero-order chi connectivity index (χ0) is 17.0. The molecule has 0 atom stereocenters. The van der Waals surface area contributed by atoms with Crippen molar-refractivity contribution in [1.82, 2.24) is 4.57 Å². The van der Waals surface area contributed by atoms with Gasteiger partial charge in [-0.1, -0.05) is 13.3 Å². The van der Waals surface area contributed by atoms with Gasteiger partial charge in [0.25, 0.3) is 0 Å². The van der Waals surface area contributed by atoms with Gasteiger partial charge in [0, 0.05) is 30.1 Å². The maximum absolute atomic E-state index is 12.4. The highest BCUT2D eigenvalue weighted by atomic mass is 16.5. The summed E-state index contributed by atoms with van der Waals surface area (Å²) in [4.78, 5) is 23.5. The van der Waals surface area contributed by atoms with Crippen LogP contribution in [0, 0.1) is 6.92 Å². The van der Waals surface area contributed by atoms with E-state index in [0.717, 1.165) is 36.0 Å². The van der Waals surface area contributed by atoms with E-state index in [4.69, 9.17) is 9.47 Å². The number of fused-ring (bicyclic) bond motifs is 1. The Bertz CT molecular complexity index is 730. The summed E-state index contributed by atoms with van der Waals surface area (Å²) in [6, 6.07) is 5.37. The van der Waals surface area contributed by atoms with Crippen LogP contribution in [0.3, 0.4) is 0 Å². The summed E-state index contributed by atoms with van der Waals surface area (Å²) in [5, 5.41) is 0.760. The molecule has 0 amide bonds. The summed E-state index contributed by atoms with van der Waals surface area (Å²) in [6.07, 6.45) is 2.10. The minimum absolute atomic E-state index is 0.323. The zero-order valence-electron chi connectivity index (χ0n) is 14.1. The molecular formula is C18H23NO4.